The highest BCUT2D eigenvalue weighted by Crippen LogP contribution is 2.29. The van der Waals surface area contributed by atoms with E-state index in [1.807, 2.05) is 0 Å². The third-order valence-corrected chi connectivity index (χ3v) is 2.36. The number of hydrogen-bond acceptors (Lipinski definition) is 4. The van der Waals surface area contributed by atoms with Gasteiger partial charge in [-0.15, -0.1) is 0 Å². The van der Waals surface area contributed by atoms with Crippen LogP contribution in [0.4, 0.5) is 0 Å². The van der Waals surface area contributed by atoms with E-state index in [2.05, 4.69) is 0 Å². The number of carbonyl (C=O) groups is 2. The number of rotatable bonds is 3. The summed E-state index contributed by atoms with van der Waals surface area (Å²) in [6, 6.07) is 0. The maximum Gasteiger partial charge on any atom is 0.312 e. The lowest BCUT2D eigenvalue weighted by Crippen LogP contribution is -2.28. The Labute approximate surface area is 83.6 Å². The minimum absolute atomic E-state index is 0.240. The Morgan fingerprint density at radius 1 is 1.36 bits per heavy atom. The van der Waals surface area contributed by atoms with Crippen LogP contribution in [0, 0.1) is 5.92 Å². The lowest BCUT2D eigenvalue weighted by atomic mass is 10.1. The van der Waals surface area contributed by atoms with Crippen LogP contribution in [0.5, 0.6) is 0 Å². The Hall–Kier alpha value is -1.06. The van der Waals surface area contributed by atoms with Crippen LogP contribution in [0.25, 0.3) is 0 Å². The second kappa shape index (κ2) is 4.98. The van der Waals surface area contributed by atoms with E-state index < -0.39 is 0 Å². The van der Waals surface area contributed by atoms with Crippen molar-refractivity contribution in [1.82, 2.24) is 0 Å². The van der Waals surface area contributed by atoms with Crippen LogP contribution in [0.2, 0.25) is 0 Å². The molecule has 80 valence electrons. The molecule has 0 aromatic rings. The van der Waals surface area contributed by atoms with Crippen LogP contribution < -0.4 is 0 Å². The topological polar surface area (TPSA) is 52.6 Å². The van der Waals surface area contributed by atoms with E-state index in [4.69, 9.17) is 9.47 Å². The summed E-state index contributed by atoms with van der Waals surface area (Å²) in [6.07, 6.45) is 2.17. The molecule has 0 amide bonds. The van der Waals surface area contributed by atoms with Gasteiger partial charge >= 0.3 is 11.9 Å². The molecule has 0 saturated heterocycles. The molecule has 0 spiro atoms. The molecular weight excluding hydrogens is 184 g/mol. The molecule has 14 heavy (non-hydrogen) atoms. The minimum atomic E-state index is -0.328. The summed E-state index contributed by atoms with van der Waals surface area (Å²) in [7, 11) is 0. The van der Waals surface area contributed by atoms with Gasteiger partial charge in [0.2, 0.25) is 0 Å². The fourth-order valence-corrected chi connectivity index (χ4v) is 1.80. The third kappa shape index (κ3) is 2.72. The van der Waals surface area contributed by atoms with Gasteiger partial charge in [-0.25, -0.2) is 0 Å². The lowest BCUT2D eigenvalue weighted by Gasteiger charge is -2.17. The van der Waals surface area contributed by atoms with E-state index in [0.29, 0.717) is 6.61 Å². The molecule has 0 aromatic heterocycles. The smallest absolute Gasteiger partial charge is 0.312 e. The number of carbonyl (C=O) groups excluding carboxylic acids is 2. The van der Waals surface area contributed by atoms with Crippen molar-refractivity contribution in [2.75, 3.05) is 6.61 Å². The number of esters is 2. The molecule has 1 rings (SSSR count). The monoisotopic (exact) mass is 200 g/mol. The van der Waals surface area contributed by atoms with Gasteiger partial charge in [0.1, 0.15) is 6.10 Å². The summed E-state index contributed by atoms with van der Waals surface area (Å²) in [5.41, 5.74) is 0. The highest BCUT2D eigenvalue weighted by Gasteiger charge is 2.36. The summed E-state index contributed by atoms with van der Waals surface area (Å²) < 4.78 is 9.96. The van der Waals surface area contributed by atoms with Crippen molar-refractivity contribution >= 4 is 11.9 Å². The van der Waals surface area contributed by atoms with E-state index in [1.54, 1.807) is 6.92 Å². The molecule has 0 heterocycles. The summed E-state index contributed by atoms with van der Waals surface area (Å²) in [5, 5.41) is 0. The van der Waals surface area contributed by atoms with Crippen molar-refractivity contribution in [2.24, 2.45) is 5.92 Å². The highest BCUT2D eigenvalue weighted by atomic mass is 16.6. The summed E-state index contributed by atoms with van der Waals surface area (Å²) in [6.45, 7) is 3.51. The normalized spacial score (nSPS) is 25.9. The zero-order valence-corrected chi connectivity index (χ0v) is 8.62. The van der Waals surface area contributed by atoms with Crippen molar-refractivity contribution in [1.29, 1.82) is 0 Å². The molecule has 1 aliphatic carbocycles. The van der Waals surface area contributed by atoms with Crippen molar-refractivity contribution in [3.05, 3.63) is 0 Å². The predicted molar refractivity (Wildman–Crippen MR) is 49.5 cm³/mol. The molecular formula is C10H16O4. The van der Waals surface area contributed by atoms with E-state index >= 15 is 0 Å². The van der Waals surface area contributed by atoms with Gasteiger partial charge in [-0.1, -0.05) is 0 Å². The van der Waals surface area contributed by atoms with Crippen LogP contribution in [0.3, 0.4) is 0 Å². The van der Waals surface area contributed by atoms with Gasteiger partial charge < -0.3 is 9.47 Å². The Kier molecular flexibility index (Phi) is 3.92. The predicted octanol–water partition coefficient (Wildman–Crippen LogP) is 1.28. The highest BCUT2D eigenvalue weighted by molar-refractivity contribution is 5.74. The average Bonchev–Trinajstić information content (AvgIpc) is 2.51. The second-order valence-electron chi connectivity index (χ2n) is 3.44. The van der Waals surface area contributed by atoms with Gasteiger partial charge in [0.15, 0.2) is 0 Å². The van der Waals surface area contributed by atoms with Crippen molar-refractivity contribution in [2.45, 2.75) is 39.2 Å². The molecule has 4 heteroatoms. The summed E-state index contributed by atoms with van der Waals surface area (Å²) >= 11 is 0. The van der Waals surface area contributed by atoms with Crippen LogP contribution in [-0.2, 0) is 19.1 Å². The van der Waals surface area contributed by atoms with Gasteiger partial charge in [0.25, 0.3) is 0 Å². The molecule has 0 radical (unpaired) electrons. The molecule has 0 aromatic carbocycles. The molecule has 0 aliphatic heterocycles. The van der Waals surface area contributed by atoms with Crippen molar-refractivity contribution in [3.63, 3.8) is 0 Å². The first-order chi connectivity index (χ1) is 6.65. The van der Waals surface area contributed by atoms with Gasteiger partial charge in [-0.2, -0.15) is 0 Å². The van der Waals surface area contributed by atoms with Crippen LogP contribution in [0.15, 0.2) is 0 Å². The number of hydrogen-bond donors (Lipinski definition) is 0. The molecule has 0 N–H and O–H groups in total. The lowest BCUT2D eigenvalue weighted by molar-refractivity contribution is -0.158. The van der Waals surface area contributed by atoms with E-state index in [0.717, 1.165) is 19.3 Å². The third-order valence-electron chi connectivity index (χ3n) is 2.36. The molecule has 4 nitrogen and oxygen atoms in total. The standard InChI is InChI=1S/C10H16O4/c1-3-13-10(12)8-5-4-6-9(8)14-7(2)11/h8-9H,3-6H2,1-2H3/t8-,9+/m1/s1. The molecule has 2 atom stereocenters. The Morgan fingerprint density at radius 2 is 2.07 bits per heavy atom. The Balaban J connectivity index is 2.50. The molecule has 1 aliphatic rings. The van der Waals surface area contributed by atoms with Crippen LogP contribution >= 0.6 is 0 Å². The zero-order chi connectivity index (χ0) is 10.6. The van der Waals surface area contributed by atoms with Crippen LogP contribution in [0.1, 0.15) is 33.1 Å². The minimum Gasteiger partial charge on any atom is -0.466 e. The second-order valence-corrected chi connectivity index (χ2v) is 3.44. The van der Waals surface area contributed by atoms with Crippen LogP contribution in [-0.4, -0.2) is 24.6 Å². The molecule has 1 fully saturated rings. The van der Waals surface area contributed by atoms with Gasteiger partial charge in [-0.05, 0) is 26.2 Å². The molecule has 0 bridgehead atoms. The van der Waals surface area contributed by atoms with Gasteiger partial charge in [0.05, 0.1) is 12.5 Å². The first-order valence-electron chi connectivity index (χ1n) is 4.99. The SMILES string of the molecule is CCOC(=O)[C@@H]1CCC[C@@H]1OC(C)=O. The fourth-order valence-electron chi connectivity index (χ4n) is 1.80. The Morgan fingerprint density at radius 3 is 2.64 bits per heavy atom. The van der Waals surface area contributed by atoms with E-state index in [-0.39, 0.29) is 24.0 Å². The number of ether oxygens (including phenoxy) is 2. The maximum atomic E-state index is 11.4. The van der Waals surface area contributed by atoms with Gasteiger partial charge in [-0.3, -0.25) is 9.59 Å². The zero-order valence-electron chi connectivity index (χ0n) is 8.62. The summed E-state index contributed by atoms with van der Waals surface area (Å²) in [5.74, 6) is -0.818. The van der Waals surface area contributed by atoms with Gasteiger partial charge in [0, 0.05) is 6.92 Å². The first-order valence-corrected chi connectivity index (χ1v) is 4.99. The average molecular weight is 200 g/mol. The fraction of sp³-hybridized carbons (Fsp3) is 0.800. The summed E-state index contributed by atoms with van der Waals surface area (Å²) in [4.78, 5) is 22.2. The van der Waals surface area contributed by atoms with E-state index in [9.17, 15) is 9.59 Å². The first kappa shape index (κ1) is 11.0. The Bertz CT molecular complexity index is 224. The maximum absolute atomic E-state index is 11.4. The molecule has 0 unspecified atom stereocenters. The largest absolute Gasteiger partial charge is 0.466 e. The van der Waals surface area contributed by atoms with Crippen molar-refractivity contribution < 1.29 is 19.1 Å². The molecule has 1 saturated carbocycles. The van der Waals surface area contributed by atoms with E-state index in [1.165, 1.54) is 6.92 Å². The quantitative estimate of drug-likeness (QED) is 0.644. The van der Waals surface area contributed by atoms with Crippen molar-refractivity contribution in [3.8, 4) is 0 Å².